The van der Waals surface area contributed by atoms with Crippen LogP contribution >= 0.6 is 0 Å². The number of anilines is 1. The molecular weight excluding hydrogens is 242 g/mol. The quantitative estimate of drug-likeness (QED) is 0.818. The third kappa shape index (κ3) is 3.92. The van der Waals surface area contributed by atoms with Gasteiger partial charge in [-0.1, -0.05) is 0 Å². The lowest BCUT2D eigenvalue weighted by Crippen LogP contribution is -2.43. The van der Waals surface area contributed by atoms with Crippen LogP contribution in [0.1, 0.15) is 31.1 Å². The summed E-state index contributed by atoms with van der Waals surface area (Å²) in [6.07, 6.45) is 3.35. The molecule has 0 bridgehead atoms. The maximum absolute atomic E-state index is 12.0. The van der Waals surface area contributed by atoms with Crippen molar-refractivity contribution in [1.82, 2.24) is 10.3 Å². The van der Waals surface area contributed by atoms with E-state index in [1.807, 2.05) is 26.8 Å². The minimum absolute atomic E-state index is 0.322. The zero-order chi connectivity index (χ0) is 13.9. The highest BCUT2D eigenvalue weighted by atomic mass is 16.6. The number of pyridine rings is 1. The van der Waals surface area contributed by atoms with Crippen LogP contribution in [0.2, 0.25) is 0 Å². The normalized spacial score (nSPS) is 16.3. The number of rotatable bonds is 2. The average molecular weight is 263 g/mol. The fourth-order valence-electron chi connectivity index (χ4n) is 1.97. The highest BCUT2D eigenvalue weighted by molar-refractivity contribution is 5.90. The predicted molar refractivity (Wildman–Crippen MR) is 74.5 cm³/mol. The third-order valence-corrected chi connectivity index (χ3v) is 2.84. The molecule has 2 heterocycles. The van der Waals surface area contributed by atoms with Crippen molar-refractivity contribution in [3.63, 3.8) is 0 Å². The Bertz CT molecular complexity index is 448. The van der Waals surface area contributed by atoms with Crippen LogP contribution in [0, 0.1) is 0 Å². The molecule has 1 saturated heterocycles. The van der Waals surface area contributed by atoms with E-state index in [2.05, 4.69) is 15.2 Å². The predicted octanol–water partition coefficient (Wildman–Crippen LogP) is 1.45. The first-order valence-corrected chi connectivity index (χ1v) is 6.60. The summed E-state index contributed by atoms with van der Waals surface area (Å²) in [5.74, 6) is -0.322. The number of carbonyl (C=O) groups is 1. The molecule has 1 aromatic rings. The Hall–Kier alpha value is -1.62. The second kappa shape index (κ2) is 5.57. The van der Waals surface area contributed by atoms with Crippen molar-refractivity contribution in [3.05, 3.63) is 24.0 Å². The monoisotopic (exact) mass is 263 g/mol. The van der Waals surface area contributed by atoms with Gasteiger partial charge in [0.05, 0.1) is 17.4 Å². The van der Waals surface area contributed by atoms with Crippen LogP contribution in [0.25, 0.3) is 0 Å². The number of hydrogen-bond donors (Lipinski definition) is 1. The molecule has 1 aromatic heterocycles. The number of aromatic nitrogens is 1. The number of esters is 1. The number of piperazine rings is 1. The van der Waals surface area contributed by atoms with Crippen molar-refractivity contribution in [1.29, 1.82) is 0 Å². The number of carbonyl (C=O) groups excluding carboxylic acids is 1. The van der Waals surface area contributed by atoms with E-state index in [9.17, 15) is 4.79 Å². The summed E-state index contributed by atoms with van der Waals surface area (Å²) in [4.78, 5) is 18.4. The largest absolute Gasteiger partial charge is 0.456 e. The Morgan fingerprint density at radius 2 is 2.00 bits per heavy atom. The van der Waals surface area contributed by atoms with E-state index in [0.717, 1.165) is 31.9 Å². The third-order valence-electron chi connectivity index (χ3n) is 2.84. The molecular formula is C14H21N3O2. The number of ether oxygens (including phenoxy) is 1. The van der Waals surface area contributed by atoms with Crippen LogP contribution in [-0.2, 0) is 4.74 Å². The summed E-state index contributed by atoms with van der Waals surface area (Å²) >= 11 is 0. The molecule has 0 aliphatic carbocycles. The second-order valence-corrected chi connectivity index (χ2v) is 5.67. The van der Waals surface area contributed by atoms with E-state index in [4.69, 9.17) is 4.74 Å². The molecule has 1 aliphatic rings. The molecule has 0 saturated carbocycles. The first-order valence-electron chi connectivity index (χ1n) is 6.60. The van der Waals surface area contributed by atoms with Crippen LogP contribution in [0.4, 0.5) is 5.69 Å². The molecule has 1 aliphatic heterocycles. The summed E-state index contributed by atoms with van der Waals surface area (Å²) in [6, 6.07) is 1.85. The summed E-state index contributed by atoms with van der Waals surface area (Å²) in [5, 5.41) is 3.30. The van der Waals surface area contributed by atoms with Crippen LogP contribution in [0.3, 0.4) is 0 Å². The van der Waals surface area contributed by atoms with Gasteiger partial charge in [-0.05, 0) is 26.8 Å². The number of nitrogens with zero attached hydrogens (tertiary/aromatic N) is 2. The van der Waals surface area contributed by atoms with Gasteiger partial charge in [0.2, 0.25) is 0 Å². The maximum atomic E-state index is 12.0. The van der Waals surface area contributed by atoms with Crippen molar-refractivity contribution in [2.75, 3.05) is 31.1 Å². The number of hydrogen-bond acceptors (Lipinski definition) is 5. The van der Waals surface area contributed by atoms with Crippen LogP contribution in [0.5, 0.6) is 0 Å². The molecule has 0 atom stereocenters. The van der Waals surface area contributed by atoms with Crippen LogP contribution < -0.4 is 10.2 Å². The SMILES string of the molecule is CC(C)(C)OC(=O)c1cncc(N2CCNCC2)c1. The lowest BCUT2D eigenvalue weighted by atomic mass is 10.2. The second-order valence-electron chi connectivity index (χ2n) is 5.67. The lowest BCUT2D eigenvalue weighted by Gasteiger charge is -2.29. The van der Waals surface area contributed by atoms with Crippen molar-refractivity contribution in [2.24, 2.45) is 0 Å². The summed E-state index contributed by atoms with van der Waals surface area (Å²) < 4.78 is 5.36. The Balaban J connectivity index is 2.12. The van der Waals surface area contributed by atoms with Crippen molar-refractivity contribution in [2.45, 2.75) is 26.4 Å². The summed E-state index contributed by atoms with van der Waals surface area (Å²) in [7, 11) is 0. The molecule has 5 heteroatoms. The fourth-order valence-corrected chi connectivity index (χ4v) is 1.97. The number of nitrogens with one attached hydrogen (secondary N) is 1. The molecule has 0 radical (unpaired) electrons. The summed E-state index contributed by atoms with van der Waals surface area (Å²) in [5.41, 5.74) is 0.998. The van der Waals surface area contributed by atoms with Crippen LogP contribution in [0.15, 0.2) is 18.5 Å². The molecule has 2 rings (SSSR count). The minimum Gasteiger partial charge on any atom is -0.456 e. The standard InChI is InChI=1S/C14H21N3O2/c1-14(2,3)19-13(18)11-8-12(10-16-9-11)17-6-4-15-5-7-17/h8-10,15H,4-7H2,1-3H3. The molecule has 104 valence electrons. The lowest BCUT2D eigenvalue weighted by molar-refractivity contribution is 0.00691. The van der Waals surface area contributed by atoms with E-state index < -0.39 is 5.60 Å². The molecule has 1 N–H and O–H groups in total. The van der Waals surface area contributed by atoms with Gasteiger partial charge >= 0.3 is 5.97 Å². The first-order chi connectivity index (χ1) is 8.96. The van der Waals surface area contributed by atoms with E-state index >= 15 is 0 Å². The smallest absolute Gasteiger partial charge is 0.340 e. The van der Waals surface area contributed by atoms with Gasteiger partial charge in [-0.3, -0.25) is 4.98 Å². The zero-order valence-corrected chi connectivity index (χ0v) is 11.8. The molecule has 0 aromatic carbocycles. The summed E-state index contributed by atoms with van der Waals surface area (Å²) in [6.45, 7) is 9.35. The van der Waals surface area contributed by atoms with E-state index in [1.54, 1.807) is 12.4 Å². The van der Waals surface area contributed by atoms with E-state index in [1.165, 1.54) is 0 Å². The van der Waals surface area contributed by atoms with Crippen LogP contribution in [-0.4, -0.2) is 42.7 Å². The van der Waals surface area contributed by atoms with Crippen molar-refractivity contribution >= 4 is 11.7 Å². The van der Waals surface area contributed by atoms with Gasteiger partial charge < -0.3 is 15.0 Å². The first kappa shape index (κ1) is 13.8. The molecule has 19 heavy (non-hydrogen) atoms. The van der Waals surface area contributed by atoms with Gasteiger partial charge in [0.1, 0.15) is 5.60 Å². The van der Waals surface area contributed by atoms with Gasteiger partial charge in [-0.2, -0.15) is 0 Å². The van der Waals surface area contributed by atoms with E-state index in [0.29, 0.717) is 5.56 Å². The van der Waals surface area contributed by atoms with Gasteiger partial charge in [-0.25, -0.2) is 4.79 Å². The molecule has 1 fully saturated rings. The molecule has 0 spiro atoms. The highest BCUT2D eigenvalue weighted by Crippen LogP contribution is 2.17. The molecule has 0 unspecified atom stereocenters. The Kier molecular flexibility index (Phi) is 4.04. The van der Waals surface area contributed by atoms with Gasteiger partial charge in [0, 0.05) is 32.4 Å². The minimum atomic E-state index is -0.484. The Labute approximate surface area is 114 Å². The topological polar surface area (TPSA) is 54.5 Å². The maximum Gasteiger partial charge on any atom is 0.340 e. The highest BCUT2D eigenvalue weighted by Gasteiger charge is 2.19. The van der Waals surface area contributed by atoms with Crippen molar-refractivity contribution < 1.29 is 9.53 Å². The average Bonchev–Trinajstić information content (AvgIpc) is 2.38. The van der Waals surface area contributed by atoms with E-state index in [-0.39, 0.29) is 5.97 Å². The fraction of sp³-hybridized carbons (Fsp3) is 0.571. The molecule has 5 nitrogen and oxygen atoms in total. The van der Waals surface area contributed by atoms with Gasteiger partial charge in [-0.15, -0.1) is 0 Å². The Morgan fingerprint density at radius 3 is 2.63 bits per heavy atom. The van der Waals surface area contributed by atoms with Crippen molar-refractivity contribution in [3.8, 4) is 0 Å². The van der Waals surface area contributed by atoms with Gasteiger partial charge in [0.15, 0.2) is 0 Å². The zero-order valence-electron chi connectivity index (χ0n) is 11.8. The molecule has 0 amide bonds. The Morgan fingerprint density at radius 1 is 1.32 bits per heavy atom. The van der Waals surface area contributed by atoms with Gasteiger partial charge in [0.25, 0.3) is 0 Å².